The van der Waals surface area contributed by atoms with Crippen molar-refractivity contribution in [1.29, 1.82) is 0 Å². The van der Waals surface area contributed by atoms with Gasteiger partial charge in [-0.05, 0) is 27.2 Å². The molecule has 0 aliphatic rings. The summed E-state index contributed by atoms with van der Waals surface area (Å²) in [5.74, 6) is -0.144. The maximum absolute atomic E-state index is 11.7. The summed E-state index contributed by atoms with van der Waals surface area (Å²) < 4.78 is 0. The van der Waals surface area contributed by atoms with Crippen molar-refractivity contribution in [2.75, 3.05) is 26.7 Å². The lowest BCUT2D eigenvalue weighted by Gasteiger charge is -2.23. The molecule has 0 aromatic rings. The number of carbonyl (C=O) groups is 2. The maximum Gasteiger partial charge on any atom is 0.242 e. The van der Waals surface area contributed by atoms with Crippen molar-refractivity contribution in [2.24, 2.45) is 0 Å². The lowest BCUT2D eigenvalue weighted by molar-refractivity contribution is -0.139. The van der Waals surface area contributed by atoms with Crippen LogP contribution in [0.15, 0.2) is 0 Å². The Hall–Kier alpha value is -1.10. The molecule has 0 bridgehead atoms. The Bertz CT molecular complexity index is 250. The highest BCUT2D eigenvalue weighted by Crippen LogP contribution is 2.01. The Morgan fingerprint density at radius 1 is 1.18 bits per heavy atom. The number of hydrogen-bond donors (Lipinski definition) is 1. The third-order valence-corrected chi connectivity index (χ3v) is 2.69. The van der Waals surface area contributed by atoms with Crippen LogP contribution >= 0.6 is 0 Å². The topological polar surface area (TPSA) is 60.9 Å². The highest BCUT2D eigenvalue weighted by atomic mass is 16.3. The van der Waals surface area contributed by atoms with Gasteiger partial charge in [-0.15, -0.1) is 0 Å². The molecule has 0 radical (unpaired) electrons. The number of aliphatic hydroxyl groups is 1. The predicted molar refractivity (Wildman–Crippen MR) is 66.5 cm³/mol. The van der Waals surface area contributed by atoms with Gasteiger partial charge >= 0.3 is 0 Å². The molecule has 0 fully saturated rings. The summed E-state index contributed by atoms with van der Waals surface area (Å²) in [6, 6.07) is 0. The first kappa shape index (κ1) is 15.9. The van der Waals surface area contributed by atoms with E-state index in [0.717, 1.165) is 0 Å². The Kier molecular flexibility index (Phi) is 7.54. The van der Waals surface area contributed by atoms with E-state index in [1.165, 1.54) is 4.90 Å². The molecule has 0 aromatic carbocycles. The Morgan fingerprint density at radius 3 is 2.12 bits per heavy atom. The second kappa shape index (κ2) is 8.06. The van der Waals surface area contributed by atoms with E-state index in [1.807, 2.05) is 13.8 Å². The summed E-state index contributed by atoms with van der Waals surface area (Å²) in [5, 5.41) is 9.08. The van der Waals surface area contributed by atoms with Gasteiger partial charge in [0.05, 0.1) is 12.6 Å². The molecule has 17 heavy (non-hydrogen) atoms. The summed E-state index contributed by atoms with van der Waals surface area (Å²) in [6.07, 6.45) is 0.230. The van der Waals surface area contributed by atoms with E-state index in [-0.39, 0.29) is 24.8 Å². The van der Waals surface area contributed by atoms with Crippen LogP contribution in [0.3, 0.4) is 0 Å². The molecule has 0 saturated carbocycles. The molecule has 0 aromatic heterocycles. The minimum atomic E-state index is -0.481. The molecule has 1 atom stereocenters. The molecule has 0 saturated heterocycles. The first-order valence-electron chi connectivity index (χ1n) is 6.12. The minimum absolute atomic E-state index is 0.0390. The van der Waals surface area contributed by atoms with Gasteiger partial charge in [0.1, 0.15) is 0 Å². The lowest BCUT2D eigenvalue weighted by atomic mass is 10.2. The largest absolute Gasteiger partial charge is 0.393 e. The summed E-state index contributed by atoms with van der Waals surface area (Å²) in [4.78, 5) is 26.5. The molecular formula is C12H24N2O3. The van der Waals surface area contributed by atoms with E-state index >= 15 is 0 Å². The second-order valence-electron chi connectivity index (χ2n) is 4.20. The van der Waals surface area contributed by atoms with Crippen LogP contribution in [0.2, 0.25) is 0 Å². The normalized spacial score (nSPS) is 12.1. The average Bonchev–Trinajstić information content (AvgIpc) is 2.27. The van der Waals surface area contributed by atoms with Crippen molar-refractivity contribution < 1.29 is 14.7 Å². The molecule has 1 N–H and O–H groups in total. The van der Waals surface area contributed by atoms with Crippen LogP contribution in [-0.2, 0) is 9.59 Å². The number of likely N-dealkylation sites (N-methyl/N-ethyl adjacent to an activating group) is 2. The summed E-state index contributed by atoms with van der Waals surface area (Å²) in [6.45, 7) is 6.90. The smallest absolute Gasteiger partial charge is 0.242 e. The SMILES string of the molecule is CCN(CC)C(=O)CN(C)C(=O)CCC(C)O. The number of aliphatic hydroxyl groups excluding tert-OH is 1. The molecule has 100 valence electrons. The molecule has 2 amide bonds. The Labute approximate surface area is 103 Å². The number of carbonyl (C=O) groups excluding carboxylic acids is 2. The lowest BCUT2D eigenvalue weighted by Crippen LogP contribution is -2.41. The Morgan fingerprint density at radius 2 is 1.71 bits per heavy atom. The molecule has 0 aliphatic carbocycles. The highest BCUT2D eigenvalue weighted by Gasteiger charge is 2.16. The monoisotopic (exact) mass is 244 g/mol. The van der Waals surface area contributed by atoms with Crippen LogP contribution < -0.4 is 0 Å². The second-order valence-corrected chi connectivity index (χ2v) is 4.20. The van der Waals surface area contributed by atoms with Gasteiger partial charge in [0.25, 0.3) is 0 Å². The van der Waals surface area contributed by atoms with E-state index in [0.29, 0.717) is 19.5 Å². The molecule has 0 spiro atoms. The van der Waals surface area contributed by atoms with Crippen LogP contribution in [0.4, 0.5) is 0 Å². The fourth-order valence-electron chi connectivity index (χ4n) is 1.49. The van der Waals surface area contributed by atoms with Crippen molar-refractivity contribution in [3.05, 3.63) is 0 Å². The maximum atomic E-state index is 11.7. The fraction of sp³-hybridized carbons (Fsp3) is 0.833. The summed E-state index contributed by atoms with van der Waals surface area (Å²) >= 11 is 0. The quantitative estimate of drug-likeness (QED) is 0.708. The van der Waals surface area contributed by atoms with Gasteiger partial charge in [0, 0.05) is 26.6 Å². The van der Waals surface area contributed by atoms with Crippen LogP contribution in [0.5, 0.6) is 0 Å². The third-order valence-electron chi connectivity index (χ3n) is 2.69. The molecule has 0 aliphatic heterocycles. The Balaban J connectivity index is 4.10. The first-order chi connectivity index (χ1) is 7.92. The predicted octanol–water partition coefficient (Wildman–Crippen LogP) is 0.474. The molecule has 1 unspecified atom stereocenters. The number of amides is 2. The van der Waals surface area contributed by atoms with E-state index in [4.69, 9.17) is 5.11 Å². The van der Waals surface area contributed by atoms with Gasteiger partial charge in [-0.2, -0.15) is 0 Å². The van der Waals surface area contributed by atoms with Gasteiger partial charge in [0.2, 0.25) is 11.8 Å². The standard InChI is InChI=1S/C12H24N2O3/c1-5-14(6-2)12(17)9-13(4)11(16)8-7-10(3)15/h10,15H,5-9H2,1-4H3. The van der Waals surface area contributed by atoms with Crippen molar-refractivity contribution in [1.82, 2.24) is 9.80 Å². The van der Waals surface area contributed by atoms with Crippen molar-refractivity contribution in [3.63, 3.8) is 0 Å². The zero-order valence-electron chi connectivity index (χ0n) is 11.3. The molecule has 0 rings (SSSR count). The number of nitrogens with zero attached hydrogens (tertiary/aromatic N) is 2. The van der Waals surface area contributed by atoms with Crippen LogP contribution in [-0.4, -0.2) is 59.5 Å². The van der Waals surface area contributed by atoms with Gasteiger partial charge in [-0.1, -0.05) is 0 Å². The summed E-state index contributed by atoms with van der Waals surface area (Å²) in [7, 11) is 1.62. The van der Waals surface area contributed by atoms with Gasteiger partial charge in [-0.3, -0.25) is 9.59 Å². The van der Waals surface area contributed by atoms with Crippen LogP contribution in [0.1, 0.15) is 33.6 Å². The van der Waals surface area contributed by atoms with Gasteiger partial charge in [0.15, 0.2) is 0 Å². The first-order valence-corrected chi connectivity index (χ1v) is 6.12. The highest BCUT2D eigenvalue weighted by molar-refractivity contribution is 5.84. The third kappa shape index (κ3) is 6.26. The van der Waals surface area contributed by atoms with Crippen LogP contribution in [0, 0.1) is 0 Å². The molecule has 5 nitrogen and oxygen atoms in total. The van der Waals surface area contributed by atoms with E-state index in [2.05, 4.69) is 0 Å². The van der Waals surface area contributed by atoms with E-state index in [1.54, 1.807) is 18.9 Å². The van der Waals surface area contributed by atoms with Crippen molar-refractivity contribution in [3.8, 4) is 0 Å². The average molecular weight is 244 g/mol. The fourth-order valence-corrected chi connectivity index (χ4v) is 1.49. The zero-order valence-corrected chi connectivity index (χ0v) is 11.3. The van der Waals surface area contributed by atoms with Crippen LogP contribution in [0.25, 0.3) is 0 Å². The molecule has 5 heteroatoms. The van der Waals surface area contributed by atoms with E-state index < -0.39 is 6.10 Å². The van der Waals surface area contributed by atoms with Crippen molar-refractivity contribution in [2.45, 2.75) is 39.7 Å². The molecule has 0 heterocycles. The van der Waals surface area contributed by atoms with Gasteiger partial charge in [-0.25, -0.2) is 0 Å². The minimum Gasteiger partial charge on any atom is -0.393 e. The van der Waals surface area contributed by atoms with Gasteiger partial charge < -0.3 is 14.9 Å². The number of hydrogen-bond acceptors (Lipinski definition) is 3. The zero-order chi connectivity index (χ0) is 13.4. The van der Waals surface area contributed by atoms with Crippen molar-refractivity contribution >= 4 is 11.8 Å². The molecular weight excluding hydrogens is 220 g/mol. The number of rotatable bonds is 7. The van der Waals surface area contributed by atoms with E-state index in [9.17, 15) is 9.59 Å². The summed E-state index contributed by atoms with van der Waals surface area (Å²) in [5.41, 5.74) is 0.